The van der Waals surface area contributed by atoms with Gasteiger partial charge >= 0.3 is 0 Å². The number of nitrogens with one attached hydrogen (secondary N) is 3. The van der Waals surface area contributed by atoms with Crippen molar-refractivity contribution in [2.45, 2.75) is 52.2 Å². The molecule has 0 spiro atoms. The molecular weight excluding hydrogens is 449 g/mol. The van der Waals surface area contributed by atoms with E-state index in [1.165, 1.54) is 11.1 Å². The molecule has 8 heteroatoms. The Morgan fingerprint density at radius 3 is 2.72 bits per heavy atom. The maximum absolute atomic E-state index is 12.6. The molecule has 2 aromatic rings. The van der Waals surface area contributed by atoms with Crippen LogP contribution in [0.4, 0.5) is 0 Å². The zero-order chi connectivity index (χ0) is 22.5. The number of carbonyl (C=O) groups is 2. The maximum Gasteiger partial charge on any atom is 0.242 e. The van der Waals surface area contributed by atoms with Crippen LogP contribution < -0.4 is 16.0 Å². The molecule has 174 valence electrons. The molecule has 1 saturated heterocycles. The van der Waals surface area contributed by atoms with Crippen LogP contribution >= 0.6 is 24.0 Å². The molecule has 0 saturated carbocycles. The molecule has 1 fully saturated rings. The quantitative estimate of drug-likeness (QED) is 0.489. The number of benzene rings is 2. The van der Waals surface area contributed by atoms with E-state index >= 15 is 0 Å². The van der Waals surface area contributed by atoms with Crippen LogP contribution in [0.1, 0.15) is 35.6 Å². The van der Waals surface area contributed by atoms with Gasteiger partial charge in [0.2, 0.25) is 11.8 Å². The highest BCUT2D eigenvalue weighted by Crippen LogP contribution is 2.26. The number of phenols is 1. The minimum absolute atomic E-state index is 0. The van der Waals surface area contributed by atoms with Gasteiger partial charge in [-0.05, 0) is 69.3 Å². The molecule has 6 nitrogen and oxygen atoms in total. The molecule has 3 atom stereocenters. The third kappa shape index (κ3) is 6.86. The van der Waals surface area contributed by atoms with Gasteiger partial charge in [0.1, 0.15) is 11.8 Å². The van der Waals surface area contributed by atoms with E-state index in [-0.39, 0.29) is 42.6 Å². The molecule has 0 unspecified atom stereocenters. The standard InChI is InChI=1S/C24H30ClN3O3.ClH/c1-14-5-4-6-17(7-14)9-18-10-21(26-12-18)24(31)28-16(3)23(30)27-13-19-11-20(25)8-15(2)22(19)29;/h4-8,11,16,18,21,26,29H,9-10,12-13H2,1-3H3,(H,27,30)(H,28,31);1H/t16-,18-,21+;/m0./s1. The summed E-state index contributed by atoms with van der Waals surface area (Å²) in [5, 5.41) is 19.4. The number of phenolic OH excluding ortho intramolecular Hbond substituents is 1. The molecule has 3 rings (SSSR count). The summed E-state index contributed by atoms with van der Waals surface area (Å²) in [7, 11) is 0. The SMILES string of the molecule is Cc1cccc(C[C@@H]2CN[C@@H](C(=O)N[C@@H](C)C(=O)NCc3cc(Cl)cc(C)c3O)C2)c1.Cl. The summed E-state index contributed by atoms with van der Waals surface area (Å²) in [4.78, 5) is 25.0. The van der Waals surface area contributed by atoms with Gasteiger partial charge in [-0.2, -0.15) is 0 Å². The number of aryl methyl sites for hydroxylation is 2. The van der Waals surface area contributed by atoms with E-state index < -0.39 is 6.04 Å². The second-order valence-corrected chi connectivity index (χ2v) is 8.87. The van der Waals surface area contributed by atoms with Crippen molar-refractivity contribution >= 4 is 35.8 Å². The lowest BCUT2D eigenvalue weighted by atomic mass is 9.95. The van der Waals surface area contributed by atoms with Crippen molar-refractivity contribution in [3.8, 4) is 5.75 Å². The van der Waals surface area contributed by atoms with E-state index in [2.05, 4.69) is 47.1 Å². The summed E-state index contributed by atoms with van der Waals surface area (Å²) in [6, 6.07) is 10.7. The highest BCUT2D eigenvalue weighted by molar-refractivity contribution is 6.30. The van der Waals surface area contributed by atoms with Crippen LogP contribution in [0.25, 0.3) is 0 Å². The van der Waals surface area contributed by atoms with Crippen LogP contribution in [-0.2, 0) is 22.6 Å². The van der Waals surface area contributed by atoms with Gasteiger partial charge < -0.3 is 21.1 Å². The first-order chi connectivity index (χ1) is 14.7. The lowest BCUT2D eigenvalue weighted by molar-refractivity contribution is -0.129. The monoisotopic (exact) mass is 479 g/mol. The molecule has 1 heterocycles. The van der Waals surface area contributed by atoms with Crippen LogP contribution in [0, 0.1) is 19.8 Å². The van der Waals surface area contributed by atoms with Crippen LogP contribution in [0.2, 0.25) is 5.02 Å². The van der Waals surface area contributed by atoms with E-state index in [0.717, 1.165) is 19.4 Å². The first kappa shape index (κ1) is 26.0. The summed E-state index contributed by atoms with van der Waals surface area (Å²) in [5.74, 6) is 0.00227. The van der Waals surface area contributed by atoms with Crippen LogP contribution in [0.15, 0.2) is 36.4 Å². The highest BCUT2D eigenvalue weighted by atomic mass is 35.5. The second kappa shape index (κ2) is 11.5. The van der Waals surface area contributed by atoms with E-state index in [4.69, 9.17) is 11.6 Å². The van der Waals surface area contributed by atoms with Crippen molar-refractivity contribution in [2.24, 2.45) is 5.92 Å². The van der Waals surface area contributed by atoms with Crippen LogP contribution in [0.3, 0.4) is 0 Å². The van der Waals surface area contributed by atoms with Gasteiger partial charge in [0.25, 0.3) is 0 Å². The Bertz CT molecular complexity index is 968. The summed E-state index contributed by atoms with van der Waals surface area (Å²) < 4.78 is 0. The lowest BCUT2D eigenvalue weighted by Gasteiger charge is -2.18. The molecule has 1 aliphatic rings. The predicted molar refractivity (Wildman–Crippen MR) is 129 cm³/mol. The molecule has 4 N–H and O–H groups in total. The lowest BCUT2D eigenvalue weighted by Crippen LogP contribution is -2.49. The zero-order valence-corrected chi connectivity index (χ0v) is 20.1. The van der Waals surface area contributed by atoms with Gasteiger partial charge in [-0.15, -0.1) is 12.4 Å². The maximum atomic E-state index is 12.6. The Morgan fingerprint density at radius 1 is 1.25 bits per heavy atom. The number of hydrogen-bond donors (Lipinski definition) is 4. The third-order valence-corrected chi connectivity index (χ3v) is 5.91. The normalized spacial score (nSPS) is 18.5. The van der Waals surface area contributed by atoms with Gasteiger partial charge in [-0.25, -0.2) is 0 Å². The van der Waals surface area contributed by atoms with Crippen molar-refractivity contribution in [2.75, 3.05) is 6.54 Å². The molecule has 2 aromatic carbocycles. The highest BCUT2D eigenvalue weighted by Gasteiger charge is 2.30. The molecule has 0 aliphatic carbocycles. The van der Waals surface area contributed by atoms with Crippen LogP contribution in [0.5, 0.6) is 5.75 Å². The number of rotatable bonds is 7. The Kier molecular flexibility index (Phi) is 9.37. The van der Waals surface area contributed by atoms with E-state index in [0.29, 0.717) is 22.1 Å². The van der Waals surface area contributed by atoms with Gasteiger partial charge in [-0.3, -0.25) is 9.59 Å². The number of halogens is 2. The van der Waals surface area contributed by atoms with Crippen molar-refractivity contribution in [3.63, 3.8) is 0 Å². The molecule has 0 radical (unpaired) electrons. The van der Waals surface area contributed by atoms with E-state index in [1.807, 2.05) is 0 Å². The minimum Gasteiger partial charge on any atom is -0.507 e. The molecule has 1 aliphatic heterocycles. The first-order valence-corrected chi connectivity index (χ1v) is 11.0. The van der Waals surface area contributed by atoms with Crippen molar-refractivity contribution < 1.29 is 14.7 Å². The fourth-order valence-electron chi connectivity index (χ4n) is 3.99. The minimum atomic E-state index is -0.687. The van der Waals surface area contributed by atoms with Gasteiger partial charge in [-0.1, -0.05) is 41.4 Å². The smallest absolute Gasteiger partial charge is 0.242 e. The fraction of sp³-hybridized carbons (Fsp3) is 0.417. The third-order valence-electron chi connectivity index (χ3n) is 5.69. The Morgan fingerprint density at radius 2 is 2.00 bits per heavy atom. The number of carbonyl (C=O) groups excluding carboxylic acids is 2. The predicted octanol–water partition coefficient (Wildman–Crippen LogP) is 3.43. The summed E-state index contributed by atoms with van der Waals surface area (Å²) in [5.41, 5.74) is 3.69. The Labute approximate surface area is 200 Å². The van der Waals surface area contributed by atoms with E-state index in [1.54, 1.807) is 26.0 Å². The summed E-state index contributed by atoms with van der Waals surface area (Å²) >= 11 is 6.02. The average molecular weight is 480 g/mol. The van der Waals surface area contributed by atoms with Gasteiger partial charge in [0.05, 0.1) is 6.04 Å². The molecule has 32 heavy (non-hydrogen) atoms. The number of amides is 2. The Balaban J connectivity index is 0.00000363. The van der Waals surface area contributed by atoms with E-state index in [9.17, 15) is 14.7 Å². The summed E-state index contributed by atoms with van der Waals surface area (Å²) in [6.07, 6.45) is 1.67. The van der Waals surface area contributed by atoms with Gasteiger partial charge in [0, 0.05) is 17.1 Å². The number of hydrogen-bond acceptors (Lipinski definition) is 4. The molecule has 0 bridgehead atoms. The molecule has 2 amide bonds. The number of aromatic hydroxyl groups is 1. The van der Waals surface area contributed by atoms with Gasteiger partial charge in [0.15, 0.2) is 0 Å². The first-order valence-electron chi connectivity index (χ1n) is 10.6. The molecular formula is C24H31Cl2N3O3. The van der Waals surface area contributed by atoms with Crippen LogP contribution in [-0.4, -0.2) is 35.5 Å². The summed E-state index contributed by atoms with van der Waals surface area (Å²) in [6.45, 7) is 6.38. The average Bonchev–Trinajstić information content (AvgIpc) is 3.18. The van der Waals surface area contributed by atoms with Crippen molar-refractivity contribution in [1.82, 2.24) is 16.0 Å². The second-order valence-electron chi connectivity index (χ2n) is 8.43. The van der Waals surface area contributed by atoms with Crippen molar-refractivity contribution in [1.29, 1.82) is 0 Å². The molecule has 0 aromatic heterocycles. The fourth-order valence-corrected chi connectivity index (χ4v) is 4.29. The Hall–Kier alpha value is -2.28. The largest absolute Gasteiger partial charge is 0.507 e. The zero-order valence-electron chi connectivity index (χ0n) is 18.6. The topological polar surface area (TPSA) is 90.5 Å². The van der Waals surface area contributed by atoms with Crippen molar-refractivity contribution in [3.05, 3.63) is 63.7 Å².